The van der Waals surface area contributed by atoms with Crippen molar-refractivity contribution >= 4 is 11.6 Å². The number of rotatable bonds is 4. The number of aliphatic hydroxyl groups is 1. The predicted octanol–water partition coefficient (Wildman–Crippen LogP) is 3.70. The van der Waals surface area contributed by atoms with Gasteiger partial charge in [0.1, 0.15) is 5.82 Å². The molecule has 0 saturated heterocycles. The molecule has 1 unspecified atom stereocenters. The van der Waals surface area contributed by atoms with Crippen molar-refractivity contribution in [3.8, 4) is 11.1 Å². The van der Waals surface area contributed by atoms with Crippen LogP contribution in [-0.2, 0) is 5.60 Å². The van der Waals surface area contributed by atoms with Crippen LogP contribution in [0.5, 0.6) is 0 Å². The number of hydrogen-bond donors (Lipinski definition) is 2. The maximum absolute atomic E-state index is 13.0. The third-order valence-corrected chi connectivity index (χ3v) is 3.69. The van der Waals surface area contributed by atoms with Crippen molar-refractivity contribution in [3.05, 3.63) is 58.9 Å². The van der Waals surface area contributed by atoms with Gasteiger partial charge in [-0.1, -0.05) is 35.9 Å². The van der Waals surface area contributed by atoms with Crippen LogP contribution in [0.1, 0.15) is 18.9 Å². The Balaban J connectivity index is 2.33. The van der Waals surface area contributed by atoms with E-state index in [-0.39, 0.29) is 5.82 Å². The Morgan fingerprint density at radius 1 is 1.20 bits per heavy atom. The number of benzene rings is 2. The highest BCUT2D eigenvalue weighted by atomic mass is 35.5. The maximum Gasteiger partial charge on any atom is 0.124 e. The van der Waals surface area contributed by atoms with Crippen molar-refractivity contribution < 1.29 is 9.50 Å². The summed E-state index contributed by atoms with van der Waals surface area (Å²) in [5.41, 5.74) is 6.98. The minimum Gasteiger partial charge on any atom is -0.385 e. The standard InChI is InChI=1S/C16H17ClFNO/c1-16(20,8-9-19)12-4-2-11(3-5-12)14-7-6-13(18)10-15(14)17/h2-7,10,20H,8-9,19H2,1H3. The van der Waals surface area contributed by atoms with E-state index in [1.54, 1.807) is 13.0 Å². The van der Waals surface area contributed by atoms with E-state index < -0.39 is 5.60 Å². The number of nitrogens with two attached hydrogens (primary N) is 1. The summed E-state index contributed by atoms with van der Waals surface area (Å²) < 4.78 is 13.0. The van der Waals surface area contributed by atoms with Gasteiger partial charge in [0, 0.05) is 5.56 Å². The van der Waals surface area contributed by atoms with Gasteiger partial charge in [-0.2, -0.15) is 0 Å². The molecule has 0 spiro atoms. The molecule has 2 aromatic rings. The maximum atomic E-state index is 13.0. The Kier molecular flexibility index (Phi) is 4.43. The average Bonchev–Trinajstić information content (AvgIpc) is 2.39. The molecule has 4 heteroatoms. The van der Waals surface area contributed by atoms with Crippen molar-refractivity contribution in [2.24, 2.45) is 5.73 Å². The van der Waals surface area contributed by atoms with E-state index in [1.165, 1.54) is 12.1 Å². The zero-order chi connectivity index (χ0) is 14.8. The fourth-order valence-electron chi connectivity index (χ4n) is 2.16. The van der Waals surface area contributed by atoms with Crippen LogP contribution in [0.3, 0.4) is 0 Å². The molecular formula is C16H17ClFNO. The molecule has 0 aliphatic heterocycles. The van der Waals surface area contributed by atoms with Crippen molar-refractivity contribution in [1.82, 2.24) is 0 Å². The Bertz CT molecular complexity index is 596. The second-order valence-electron chi connectivity index (χ2n) is 5.01. The van der Waals surface area contributed by atoms with Gasteiger partial charge in [0.15, 0.2) is 0 Å². The largest absolute Gasteiger partial charge is 0.385 e. The van der Waals surface area contributed by atoms with Crippen LogP contribution in [0.25, 0.3) is 11.1 Å². The molecule has 0 radical (unpaired) electrons. The number of hydrogen-bond acceptors (Lipinski definition) is 2. The topological polar surface area (TPSA) is 46.2 Å². The highest BCUT2D eigenvalue weighted by Crippen LogP contribution is 2.31. The molecular weight excluding hydrogens is 277 g/mol. The van der Waals surface area contributed by atoms with Crippen molar-refractivity contribution in [2.75, 3.05) is 6.54 Å². The second kappa shape index (κ2) is 5.92. The molecule has 2 nitrogen and oxygen atoms in total. The van der Waals surface area contributed by atoms with Gasteiger partial charge < -0.3 is 10.8 Å². The molecule has 0 aliphatic rings. The minimum atomic E-state index is -0.945. The Labute approximate surface area is 123 Å². The summed E-state index contributed by atoms with van der Waals surface area (Å²) in [5, 5.41) is 10.6. The summed E-state index contributed by atoms with van der Waals surface area (Å²) >= 11 is 6.04. The second-order valence-corrected chi connectivity index (χ2v) is 5.42. The van der Waals surface area contributed by atoms with Gasteiger partial charge in [-0.3, -0.25) is 0 Å². The molecule has 2 aromatic carbocycles. The quantitative estimate of drug-likeness (QED) is 0.903. The Morgan fingerprint density at radius 3 is 2.40 bits per heavy atom. The van der Waals surface area contributed by atoms with E-state index >= 15 is 0 Å². The van der Waals surface area contributed by atoms with Gasteiger partial charge in [-0.25, -0.2) is 4.39 Å². The predicted molar refractivity (Wildman–Crippen MR) is 80.1 cm³/mol. The third-order valence-electron chi connectivity index (χ3n) is 3.38. The summed E-state index contributed by atoms with van der Waals surface area (Å²) in [4.78, 5) is 0. The van der Waals surface area contributed by atoms with Crippen LogP contribution in [0.15, 0.2) is 42.5 Å². The van der Waals surface area contributed by atoms with Gasteiger partial charge in [0.2, 0.25) is 0 Å². The van der Waals surface area contributed by atoms with E-state index in [0.29, 0.717) is 18.0 Å². The summed E-state index contributed by atoms with van der Waals surface area (Å²) in [6.07, 6.45) is 0.490. The first kappa shape index (κ1) is 15.0. The molecule has 0 aliphatic carbocycles. The van der Waals surface area contributed by atoms with Crippen LogP contribution in [0, 0.1) is 5.82 Å². The summed E-state index contributed by atoms with van der Waals surface area (Å²) in [7, 11) is 0. The monoisotopic (exact) mass is 293 g/mol. The van der Waals surface area contributed by atoms with Crippen molar-refractivity contribution in [3.63, 3.8) is 0 Å². The van der Waals surface area contributed by atoms with Gasteiger partial charge in [-0.15, -0.1) is 0 Å². The lowest BCUT2D eigenvalue weighted by atomic mass is 9.91. The fourth-order valence-corrected chi connectivity index (χ4v) is 2.43. The first-order valence-electron chi connectivity index (χ1n) is 6.42. The first-order valence-corrected chi connectivity index (χ1v) is 6.80. The summed E-state index contributed by atoms with van der Waals surface area (Å²) in [6, 6.07) is 11.7. The zero-order valence-corrected chi connectivity index (χ0v) is 12.0. The molecule has 0 aromatic heterocycles. The molecule has 0 heterocycles. The van der Waals surface area contributed by atoms with Crippen LogP contribution in [0.4, 0.5) is 4.39 Å². The van der Waals surface area contributed by atoms with Gasteiger partial charge in [-0.05, 0) is 49.2 Å². The molecule has 1 atom stereocenters. The lowest BCUT2D eigenvalue weighted by Crippen LogP contribution is -2.24. The van der Waals surface area contributed by atoms with Crippen LogP contribution < -0.4 is 5.73 Å². The van der Waals surface area contributed by atoms with E-state index in [2.05, 4.69) is 0 Å². The molecule has 0 saturated carbocycles. The third kappa shape index (κ3) is 3.18. The summed E-state index contributed by atoms with van der Waals surface area (Å²) in [6.45, 7) is 2.15. The van der Waals surface area contributed by atoms with Crippen molar-refractivity contribution in [2.45, 2.75) is 18.9 Å². The highest BCUT2D eigenvalue weighted by molar-refractivity contribution is 6.33. The minimum absolute atomic E-state index is 0.360. The average molecular weight is 294 g/mol. The first-order chi connectivity index (χ1) is 9.44. The van der Waals surface area contributed by atoms with E-state index in [4.69, 9.17) is 17.3 Å². The van der Waals surface area contributed by atoms with E-state index in [0.717, 1.165) is 16.7 Å². The normalized spacial score (nSPS) is 14.1. The lowest BCUT2D eigenvalue weighted by Gasteiger charge is -2.23. The summed E-state index contributed by atoms with van der Waals surface area (Å²) in [5.74, 6) is -0.360. The van der Waals surface area contributed by atoms with Gasteiger partial charge in [0.05, 0.1) is 10.6 Å². The van der Waals surface area contributed by atoms with Crippen molar-refractivity contribution in [1.29, 1.82) is 0 Å². The number of halogens is 2. The molecule has 0 bridgehead atoms. The van der Waals surface area contributed by atoms with Gasteiger partial charge >= 0.3 is 0 Å². The van der Waals surface area contributed by atoms with Crippen LogP contribution in [-0.4, -0.2) is 11.7 Å². The fraction of sp³-hybridized carbons (Fsp3) is 0.250. The van der Waals surface area contributed by atoms with Crippen LogP contribution >= 0.6 is 11.6 Å². The SMILES string of the molecule is CC(O)(CCN)c1ccc(-c2ccc(F)cc2Cl)cc1. The highest BCUT2D eigenvalue weighted by Gasteiger charge is 2.21. The van der Waals surface area contributed by atoms with Crippen LogP contribution in [0.2, 0.25) is 5.02 Å². The molecule has 0 fully saturated rings. The zero-order valence-electron chi connectivity index (χ0n) is 11.2. The molecule has 106 valence electrons. The molecule has 2 rings (SSSR count). The lowest BCUT2D eigenvalue weighted by molar-refractivity contribution is 0.0504. The smallest absolute Gasteiger partial charge is 0.124 e. The Morgan fingerprint density at radius 2 is 1.85 bits per heavy atom. The Hall–Kier alpha value is -1.42. The van der Waals surface area contributed by atoms with E-state index in [1.807, 2.05) is 24.3 Å². The van der Waals surface area contributed by atoms with Gasteiger partial charge in [0.25, 0.3) is 0 Å². The molecule has 20 heavy (non-hydrogen) atoms. The molecule has 0 amide bonds. The van der Waals surface area contributed by atoms with E-state index in [9.17, 15) is 9.50 Å². The molecule has 3 N–H and O–H groups in total.